The van der Waals surface area contributed by atoms with Crippen LogP contribution < -0.4 is 11.1 Å². The van der Waals surface area contributed by atoms with Crippen LogP contribution in [0.3, 0.4) is 0 Å². The molecule has 0 aliphatic rings. The van der Waals surface area contributed by atoms with Crippen LogP contribution in [-0.2, 0) is 13.5 Å². The van der Waals surface area contributed by atoms with Crippen LogP contribution in [0.1, 0.15) is 5.56 Å². The van der Waals surface area contributed by atoms with Crippen molar-refractivity contribution in [2.75, 3.05) is 17.6 Å². The number of benzene rings is 1. The molecule has 3 aromatic rings. The number of hydrogen-bond donors (Lipinski definition) is 2. The Hall–Kier alpha value is -2.63. The van der Waals surface area contributed by atoms with Crippen molar-refractivity contribution in [3.63, 3.8) is 0 Å². The van der Waals surface area contributed by atoms with E-state index in [2.05, 4.69) is 20.4 Å². The summed E-state index contributed by atoms with van der Waals surface area (Å²) in [5, 5.41) is 8.42. The zero-order chi connectivity index (χ0) is 13.9. The number of nitrogen functional groups attached to an aromatic ring is 1. The van der Waals surface area contributed by atoms with Crippen molar-refractivity contribution in [2.45, 2.75) is 6.42 Å². The third-order valence-corrected chi connectivity index (χ3v) is 3.12. The van der Waals surface area contributed by atoms with Gasteiger partial charge in [-0.05, 0) is 30.2 Å². The van der Waals surface area contributed by atoms with Gasteiger partial charge in [0.25, 0.3) is 0 Å². The monoisotopic (exact) mass is 268 g/mol. The Morgan fingerprint density at radius 1 is 1.30 bits per heavy atom. The molecular formula is C14H16N6. The molecule has 0 spiro atoms. The fourth-order valence-corrected chi connectivity index (χ4v) is 2.14. The van der Waals surface area contributed by atoms with Gasteiger partial charge in [0.15, 0.2) is 0 Å². The van der Waals surface area contributed by atoms with E-state index in [4.69, 9.17) is 5.73 Å². The van der Waals surface area contributed by atoms with Crippen LogP contribution in [-0.4, -0.2) is 26.3 Å². The summed E-state index contributed by atoms with van der Waals surface area (Å²) in [4.78, 5) is 8.52. The van der Waals surface area contributed by atoms with E-state index in [9.17, 15) is 0 Å². The SMILES string of the molecule is Cn1cc(CCNc2ncnc3ccc(N)cc23)cn1. The van der Waals surface area contributed by atoms with Crippen molar-refractivity contribution in [1.29, 1.82) is 0 Å². The molecule has 0 saturated carbocycles. The third kappa shape index (κ3) is 2.54. The smallest absolute Gasteiger partial charge is 0.137 e. The molecule has 0 aliphatic carbocycles. The van der Waals surface area contributed by atoms with Gasteiger partial charge in [0, 0.05) is 30.9 Å². The second-order valence-corrected chi connectivity index (χ2v) is 4.70. The van der Waals surface area contributed by atoms with Gasteiger partial charge in [-0.25, -0.2) is 9.97 Å². The Bertz CT molecular complexity index is 733. The largest absolute Gasteiger partial charge is 0.399 e. The van der Waals surface area contributed by atoms with Gasteiger partial charge in [0.2, 0.25) is 0 Å². The average Bonchev–Trinajstić information content (AvgIpc) is 2.85. The van der Waals surface area contributed by atoms with E-state index in [1.54, 1.807) is 11.0 Å². The first kappa shape index (κ1) is 12.4. The van der Waals surface area contributed by atoms with Crippen LogP contribution in [0.25, 0.3) is 10.9 Å². The lowest BCUT2D eigenvalue weighted by Gasteiger charge is -2.08. The predicted molar refractivity (Wildman–Crippen MR) is 79.4 cm³/mol. The Labute approximate surface area is 116 Å². The van der Waals surface area contributed by atoms with E-state index in [0.29, 0.717) is 5.69 Å². The van der Waals surface area contributed by atoms with Crippen molar-refractivity contribution in [3.8, 4) is 0 Å². The van der Waals surface area contributed by atoms with Gasteiger partial charge in [-0.2, -0.15) is 5.10 Å². The number of aromatic nitrogens is 4. The zero-order valence-corrected chi connectivity index (χ0v) is 11.2. The summed E-state index contributed by atoms with van der Waals surface area (Å²) in [7, 11) is 1.91. The maximum absolute atomic E-state index is 5.82. The number of rotatable bonds is 4. The first-order valence-electron chi connectivity index (χ1n) is 6.44. The summed E-state index contributed by atoms with van der Waals surface area (Å²) >= 11 is 0. The minimum absolute atomic E-state index is 0.711. The summed E-state index contributed by atoms with van der Waals surface area (Å²) in [5.41, 5.74) is 8.61. The highest BCUT2D eigenvalue weighted by atomic mass is 15.2. The van der Waals surface area contributed by atoms with Crippen molar-refractivity contribution >= 4 is 22.4 Å². The van der Waals surface area contributed by atoms with Crippen molar-refractivity contribution < 1.29 is 0 Å². The Balaban J connectivity index is 1.75. The minimum Gasteiger partial charge on any atom is -0.399 e. The molecule has 6 heteroatoms. The van der Waals surface area contributed by atoms with Crippen LogP contribution in [0.5, 0.6) is 0 Å². The van der Waals surface area contributed by atoms with E-state index in [0.717, 1.165) is 29.7 Å². The molecule has 3 N–H and O–H groups in total. The molecule has 1 aromatic carbocycles. The van der Waals surface area contributed by atoms with Crippen molar-refractivity contribution in [2.24, 2.45) is 7.05 Å². The standard InChI is InChI=1S/C14H16N6/c1-20-8-10(7-19-20)4-5-16-14-12-6-11(15)2-3-13(12)17-9-18-14/h2-3,6-9H,4-5,15H2,1H3,(H,16,17,18). The highest BCUT2D eigenvalue weighted by Gasteiger charge is 2.04. The fourth-order valence-electron chi connectivity index (χ4n) is 2.14. The molecule has 3 rings (SSSR count). The first-order chi connectivity index (χ1) is 9.72. The Morgan fingerprint density at radius 3 is 3.00 bits per heavy atom. The molecule has 2 heterocycles. The number of aryl methyl sites for hydroxylation is 1. The number of nitrogens with one attached hydrogen (secondary N) is 1. The maximum atomic E-state index is 5.82. The van der Waals surface area contributed by atoms with E-state index >= 15 is 0 Å². The molecule has 0 aliphatic heterocycles. The van der Waals surface area contributed by atoms with Gasteiger partial charge in [0.05, 0.1) is 11.7 Å². The van der Waals surface area contributed by atoms with Gasteiger partial charge in [-0.1, -0.05) is 0 Å². The van der Waals surface area contributed by atoms with Crippen LogP contribution >= 0.6 is 0 Å². The van der Waals surface area contributed by atoms with Crippen LogP contribution in [0.4, 0.5) is 11.5 Å². The molecule has 0 unspecified atom stereocenters. The first-order valence-corrected chi connectivity index (χ1v) is 6.44. The lowest BCUT2D eigenvalue weighted by Crippen LogP contribution is -2.07. The molecule has 0 amide bonds. The second kappa shape index (κ2) is 5.16. The van der Waals surface area contributed by atoms with Crippen molar-refractivity contribution in [3.05, 3.63) is 42.5 Å². The number of anilines is 2. The van der Waals surface area contributed by atoms with Crippen LogP contribution in [0.2, 0.25) is 0 Å². The average molecular weight is 268 g/mol. The van der Waals surface area contributed by atoms with Gasteiger partial charge >= 0.3 is 0 Å². The van der Waals surface area contributed by atoms with Gasteiger partial charge < -0.3 is 11.1 Å². The molecule has 0 fully saturated rings. The fraction of sp³-hybridized carbons (Fsp3) is 0.214. The second-order valence-electron chi connectivity index (χ2n) is 4.70. The molecule has 0 radical (unpaired) electrons. The zero-order valence-electron chi connectivity index (χ0n) is 11.2. The molecule has 0 saturated heterocycles. The maximum Gasteiger partial charge on any atom is 0.137 e. The van der Waals surface area contributed by atoms with Gasteiger partial charge in [0.1, 0.15) is 12.1 Å². The van der Waals surface area contributed by atoms with Crippen molar-refractivity contribution in [1.82, 2.24) is 19.7 Å². The molecule has 20 heavy (non-hydrogen) atoms. The molecule has 102 valence electrons. The summed E-state index contributed by atoms with van der Waals surface area (Å²) in [6, 6.07) is 5.63. The lowest BCUT2D eigenvalue weighted by atomic mass is 10.2. The Kier molecular flexibility index (Phi) is 3.20. The number of fused-ring (bicyclic) bond motifs is 1. The number of nitrogens with zero attached hydrogens (tertiary/aromatic N) is 4. The minimum atomic E-state index is 0.711. The van der Waals surface area contributed by atoms with E-state index < -0.39 is 0 Å². The summed E-state index contributed by atoms with van der Waals surface area (Å²) in [6.07, 6.45) is 6.34. The van der Waals surface area contributed by atoms with E-state index in [-0.39, 0.29) is 0 Å². The summed E-state index contributed by atoms with van der Waals surface area (Å²) in [6.45, 7) is 0.784. The molecule has 2 aromatic heterocycles. The topological polar surface area (TPSA) is 81.7 Å². The molecule has 0 atom stereocenters. The van der Waals surface area contributed by atoms with Gasteiger partial charge in [-0.15, -0.1) is 0 Å². The number of nitrogens with two attached hydrogens (primary N) is 1. The Morgan fingerprint density at radius 2 is 2.20 bits per heavy atom. The molecule has 6 nitrogen and oxygen atoms in total. The summed E-state index contributed by atoms with van der Waals surface area (Å²) in [5.74, 6) is 0.811. The van der Waals surface area contributed by atoms with Crippen LogP contribution in [0.15, 0.2) is 36.9 Å². The molecular weight excluding hydrogens is 252 g/mol. The quantitative estimate of drug-likeness (QED) is 0.702. The van der Waals surface area contributed by atoms with E-state index in [1.165, 1.54) is 5.56 Å². The lowest BCUT2D eigenvalue weighted by molar-refractivity contribution is 0.767. The third-order valence-electron chi connectivity index (χ3n) is 3.12. The predicted octanol–water partition coefficient (Wildman–Crippen LogP) is 1.60. The highest BCUT2D eigenvalue weighted by Crippen LogP contribution is 2.21. The van der Waals surface area contributed by atoms with Gasteiger partial charge in [-0.3, -0.25) is 4.68 Å². The van der Waals surface area contributed by atoms with E-state index in [1.807, 2.05) is 37.6 Å². The molecule has 0 bridgehead atoms. The number of hydrogen-bond acceptors (Lipinski definition) is 5. The summed E-state index contributed by atoms with van der Waals surface area (Å²) < 4.78 is 1.80. The highest BCUT2D eigenvalue weighted by molar-refractivity contribution is 5.91. The van der Waals surface area contributed by atoms with Crippen LogP contribution in [0, 0.1) is 0 Å². The normalized spacial score (nSPS) is 10.8.